The van der Waals surface area contributed by atoms with E-state index in [2.05, 4.69) is 16.4 Å². The quantitative estimate of drug-likeness (QED) is 0.900. The largest absolute Gasteiger partial charge is 0.378 e. The SMILES string of the molecule is Cc1csc(CNc2cc(C#N)ccc2C)n1. The number of aryl methyl sites for hydroxylation is 2. The maximum absolute atomic E-state index is 8.85. The maximum atomic E-state index is 8.85. The Hall–Kier alpha value is -1.86. The van der Waals surface area contributed by atoms with Gasteiger partial charge in [-0.15, -0.1) is 11.3 Å². The van der Waals surface area contributed by atoms with Gasteiger partial charge in [0.05, 0.1) is 18.2 Å². The third kappa shape index (κ3) is 2.83. The summed E-state index contributed by atoms with van der Waals surface area (Å²) in [5.41, 5.74) is 3.86. The van der Waals surface area contributed by atoms with E-state index in [0.29, 0.717) is 12.1 Å². The highest BCUT2D eigenvalue weighted by Gasteiger charge is 2.02. The molecule has 0 aliphatic heterocycles. The molecule has 0 unspecified atom stereocenters. The molecule has 0 fully saturated rings. The minimum atomic E-state index is 0.674. The number of rotatable bonds is 3. The predicted molar refractivity (Wildman–Crippen MR) is 70.1 cm³/mol. The molecule has 0 spiro atoms. The van der Waals surface area contributed by atoms with Crippen LogP contribution in [0.1, 0.15) is 21.8 Å². The number of nitrogens with zero attached hydrogens (tertiary/aromatic N) is 2. The van der Waals surface area contributed by atoms with E-state index in [1.54, 1.807) is 11.3 Å². The lowest BCUT2D eigenvalue weighted by Gasteiger charge is -2.08. The van der Waals surface area contributed by atoms with E-state index >= 15 is 0 Å². The van der Waals surface area contributed by atoms with E-state index in [9.17, 15) is 0 Å². The molecule has 0 radical (unpaired) electrons. The molecule has 1 aromatic heterocycles. The average molecular weight is 243 g/mol. The molecule has 0 bridgehead atoms. The Kier molecular flexibility index (Phi) is 3.40. The molecule has 0 aliphatic carbocycles. The van der Waals surface area contributed by atoms with Crippen LogP contribution in [0.4, 0.5) is 5.69 Å². The Morgan fingerprint density at radius 3 is 2.88 bits per heavy atom. The second-order valence-electron chi connectivity index (χ2n) is 3.88. The van der Waals surface area contributed by atoms with Crippen molar-refractivity contribution in [3.05, 3.63) is 45.4 Å². The maximum Gasteiger partial charge on any atom is 0.112 e. The molecule has 1 aromatic carbocycles. The summed E-state index contributed by atoms with van der Waals surface area (Å²) < 4.78 is 0. The Morgan fingerprint density at radius 2 is 2.24 bits per heavy atom. The first-order valence-corrected chi connectivity index (χ1v) is 6.22. The van der Waals surface area contributed by atoms with E-state index in [0.717, 1.165) is 22.0 Å². The van der Waals surface area contributed by atoms with Gasteiger partial charge in [-0.25, -0.2) is 4.98 Å². The molecular weight excluding hydrogens is 230 g/mol. The summed E-state index contributed by atoms with van der Waals surface area (Å²) in [6, 6.07) is 7.79. The summed E-state index contributed by atoms with van der Waals surface area (Å²) in [5, 5.41) is 15.3. The molecule has 3 nitrogen and oxygen atoms in total. The molecule has 2 rings (SSSR count). The zero-order chi connectivity index (χ0) is 12.3. The van der Waals surface area contributed by atoms with Crippen molar-refractivity contribution < 1.29 is 0 Å². The first-order chi connectivity index (χ1) is 8.19. The molecule has 86 valence electrons. The van der Waals surface area contributed by atoms with Crippen LogP contribution in [0.2, 0.25) is 0 Å². The van der Waals surface area contributed by atoms with Crippen LogP contribution < -0.4 is 5.32 Å². The summed E-state index contributed by atoms with van der Waals surface area (Å²) in [6.45, 7) is 4.71. The number of hydrogen-bond donors (Lipinski definition) is 1. The summed E-state index contributed by atoms with van der Waals surface area (Å²) in [6.07, 6.45) is 0. The van der Waals surface area contributed by atoms with Gasteiger partial charge in [0.15, 0.2) is 0 Å². The van der Waals surface area contributed by atoms with Crippen LogP contribution in [0.15, 0.2) is 23.6 Å². The topological polar surface area (TPSA) is 48.7 Å². The van der Waals surface area contributed by atoms with Gasteiger partial charge in [0.2, 0.25) is 0 Å². The fraction of sp³-hybridized carbons (Fsp3) is 0.231. The van der Waals surface area contributed by atoms with Crippen molar-refractivity contribution in [2.45, 2.75) is 20.4 Å². The smallest absolute Gasteiger partial charge is 0.112 e. The first-order valence-electron chi connectivity index (χ1n) is 5.34. The van der Waals surface area contributed by atoms with Crippen molar-refractivity contribution in [1.29, 1.82) is 5.26 Å². The monoisotopic (exact) mass is 243 g/mol. The van der Waals surface area contributed by atoms with E-state index in [1.165, 1.54) is 0 Å². The van der Waals surface area contributed by atoms with E-state index < -0.39 is 0 Å². The molecule has 0 amide bonds. The Morgan fingerprint density at radius 1 is 1.41 bits per heavy atom. The Balaban J connectivity index is 2.11. The molecule has 1 heterocycles. The van der Waals surface area contributed by atoms with Crippen LogP contribution in [0.5, 0.6) is 0 Å². The number of nitrogens with one attached hydrogen (secondary N) is 1. The molecule has 1 N–H and O–H groups in total. The summed E-state index contributed by atoms with van der Waals surface area (Å²) in [4.78, 5) is 4.39. The van der Waals surface area contributed by atoms with Crippen molar-refractivity contribution in [1.82, 2.24) is 4.98 Å². The third-order valence-corrected chi connectivity index (χ3v) is 3.43. The van der Waals surface area contributed by atoms with Crippen LogP contribution in [0, 0.1) is 25.2 Å². The molecule has 0 saturated carbocycles. The van der Waals surface area contributed by atoms with Gasteiger partial charge in [-0.3, -0.25) is 0 Å². The summed E-state index contributed by atoms with van der Waals surface area (Å²) in [5.74, 6) is 0. The van der Waals surface area contributed by atoms with Crippen LogP contribution in [-0.4, -0.2) is 4.98 Å². The summed E-state index contributed by atoms with van der Waals surface area (Å²) >= 11 is 1.65. The summed E-state index contributed by atoms with van der Waals surface area (Å²) in [7, 11) is 0. The molecule has 0 aliphatic rings. The van der Waals surface area contributed by atoms with E-state index in [-0.39, 0.29) is 0 Å². The lowest BCUT2D eigenvalue weighted by molar-refractivity contribution is 1.07. The number of aromatic nitrogens is 1. The van der Waals surface area contributed by atoms with Gasteiger partial charge in [-0.1, -0.05) is 6.07 Å². The number of thiazole rings is 1. The van der Waals surface area contributed by atoms with Crippen molar-refractivity contribution >= 4 is 17.0 Å². The zero-order valence-electron chi connectivity index (χ0n) is 9.82. The van der Waals surface area contributed by atoms with Crippen molar-refractivity contribution in [3.8, 4) is 6.07 Å². The van der Waals surface area contributed by atoms with Gasteiger partial charge >= 0.3 is 0 Å². The highest BCUT2D eigenvalue weighted by atomic mass is 32.1. The zero-order valence-corrected chi connectivity index (χ0v) is 10.6. The Labute approximate surface area is 105 Å². The van der Waals surface area contributed by atoms with Crippen LogP contribution in [0.3, 0.4) is 0 Å². The van der Waals surface area contributed by atoms with Gasteiger partial charge in [0, 0.05) is 16.8 Å². The van der Waals surface area contributed by atoms with Crippen molar-refractivity contribution in [2.24, 2.45) is 0 Å². The number of anilines is 1. The molecule has 4 heteroatoms. The van der Waals surface area contributed by atoms with Gasteiger partial charge < -0.3 is 5.32 Å². The van der Waals surface area contributed by atoms with Crippen LogP contribution in [-0.2, 0) is 6.54 Å². The third-order valence-electron chi connectivity index (χ3n) is 2.46. The molecule has 2 aromatic rings. The van der Waals surface area contributed by atoms with Crippen molar-refractivity contribution in [3.63, 3.8) is 0 Å². The number of nitriles is 1. The highest BCUT2D eigenvalue weighted by Crippen LogP contribution is 2.18. The average Bonchev–Trinajstić information content (AvgIpc) is 2.74. The fourth-order valence-electron chi connectivity index (χ4n) is 1.54. The second kappa shape index (κ2) is 4.98. The van der Waals surface area contributed by atoms with E-state index in [4.69, 9.17) is 5.26 Å². The van der Waals surface area contributed by atoms with Gasteiger partial charge in [-0.05, 0) is 31.5 Å². The second-order valence-corrected chi connectivity index (χ2v) is 4.82. The standard InChI is InChI=1S/C13H13N3S/c1-9-3-4-11(6-14)5-12(9)15-7-13-16-10(2)8-17-13/h3-5,8,15H,7H2,1-2H3. The minimum absolute atomic E-state index is 0.674. The van der Waals surface area contributed by atoms with Gasteiger partial charge in [-0.2, -0.15) is 5.26 Å². The predicted octanol–water partition coefficient (Wildman–Crippen LogP) is 3.24. The lowest BCUT2D eigenvalue weighted by Crippen LogP contribution is -2.01. The molecule has 0 saturated heterocycles. The van der Waals surface area contributed by atoms with Gasteiger partial charge in [0.25, 0.3) is 0 Å². The fourth-order valence-corrected chi connectivity index (χ4v) is 2.25. The highest BCUT2D eigenvalue weighted by molar-refractivity contribution is 7.09. The molecule has 17 heavy (non-hydrogen) atoms. The van der Waals surface area contributed by atoms with Crippen LogP contribution >= 0.6 is 11.3 Å². The lowest BCUT2D eigenvalue weighted by atomic mass is 10.1. The molecule has 0 atom stereocenters. The number of benzene rings is 1. The first kappa shape index (κ1) is 11.6. The molecular formula is C13H13N3S. The Bertz CT molecular complexity index is 566. The number of hydrogen-bond acceptors (Lipinski definition) is 4. The minimum Gasteiger partial charge on any atom is -0.378 e. The van der Waals surface area contributed by atoms with Gasteiger partial charge in [0.1, 0.15) is 5.01 Å². The normalized spacial score (nSPS) is 9.94. The van der Waals surface area contributed by atoms with Crippen LogP contribution in [0.25, 0.3) is 0 Å². The van der Waals surface area contributed by atoms with Crippen molar-refractivity contribution in [2.75, 3.05) is 5.32 Å². The van der Waals surface area contributed by atoms with E-state index in [1.807, 2.05) is 37.4 Å².